The van der Waals surface area contributed by atoms with E-state index in [1.54, 1.807) is 12.0 Å². The lowest BCUT2D eigenvalue weighted by molar-refractivity contribution is -0.152. The van der Waals surface area contributed by atoms with Crippen molar-refractivity contribution in [2.24, 2.45) is 0 Å². The number of benzene rings is 2. The van der Waals surface area contributed by atoms with Crippen LogP contribution in [0.5, 0.6) is 5.75 Å². The molecule has 160 valence electrons. The Morgan fingerprint density at radius 2 is 1.70 bits per heavy atom. The van der Waals surface area contributed by atoms with Crippen LogP contribution in [0.15, 0.2) is 48.5 Å². The third-order valence-corrected chi connectivity index (χ3v) is 5.35. The first kappa shape index (κ1) is 21.8. The first-order chi connectivity index (χ1) is 14.5. The van der Waals surface area contributed by atoms with Crippen LogP contribution in [0.25, 0.3) is 0 Å². The van der Waals surface area contributed by atoms with Gasteiger partial charge in [-0.25, -0.2) is 0 Å². The molecule has 1 aliphatic rings. The van der Waals surface area contributed by atoms with Crippen molar-refractivity contribution < 1.29 is 19.1 Å². The normalized spacial score (nSPS) is 14.4. The Bertz CT molecular complexity index is 843. The Morgan fingerprint density at radius 1 is 0.967 bits per heavy atom. The minimum Gasteiger partial charge on any atom is -0.497 e. The first-order valence-electron chi connectivity index (χ1n) is 10.4. The third kappa shape index (κ3) is 6.59. The van der Waals surface area contributed by atoms with Gasteiger partial charge in [-0.3, -0.25) is 14.5 Å². The van der Waals surface area contributed by atoms with Crippen LogP contribution in [0.1, 0.15) is 23.1 Å². The average Bonchev–Trinajstić information content (AvgIpc) is 2.77. The van der Waals surface area contributed by atoms with Gasteiger partial charge in [0.05, 0.1) is 7.11 Å². The Hall–Kier alpha value is -2.86. The van der Waals surface area contributed by atoms with E-state index >= 15 is 0 Å². The summed E-state index contributed by atoms with van der Waals surface area (Å²) in [7, 11) is 1.62. The zero-order valence-corrected chi connectivity index (χ0v) is 17.8. The van der Waals surface area contributed by atoms with E-state index in [9.17, 15) is 9.59 Å². The molecular weight excluding hydrogens is 380 g/mol. The number of carbonyl (C=O) groups excluding carboxylic acids is 2. The van der Waals surface area contributed by atoms with Gasteiger partial charge in [-0.05, 0) is 36.6 Å². The monoisotopic (exact) mass is 410 g/mol. The van der Waals surface area contributed by atoms with Crippen LogP contribution in [0.2, 0.25) is 0 Å². The fraction of sp³-hybridized carbons (Fsp3) is 0.417. The van der Waals surface area contributed by atoms with Gasteiger partial charge in [0.15, 0.2) is 6.61 Å². The molecule has 0 radical (unpaired) electrons. The number of methoxy groups -OCH3 is 1. The van der Waals surface area contributed by atoms with E-state index in [0.29, 0.717) is 19.5 Å². The Morgan fingerprint density at radius 3 is 2.37 bits per heavy atom. The summed E-state index contributed by atoms with van der Waals surface area (Å²) in [5.41, 5.74) is 3.58. The Labute approximate surface area is 178 Å². The van der Waals surface area contributed by atoms with E-state index in [4.69, 9.17) is 9.47 Å². The number of hydrogen-bond acceptors (Lipinski definition) is 5. The van der Waals surface area contributed by atoms with Gasteiger partial charge in [0.1, 0.15) is 5.75 Å². The van der Waals surface area contributed by atoms with Crippen LogP contribution in [0, 0.1) is 6.92 Å². The molecule has 0 saturated carbocycles. The zero-order chi connectivity index (χ0) is 21.3. The number of hydrogen-bond donors (Lipinski definition) is 0. The van der Waals surface area contributed by atoms with Gasteiger partial charge < -0.3 is 14.4 Å². The molecule has 3 rings (SSSR count). The minimum atomic E-state index is -0.350. The van der Waals surface area contributed by atoms with Gasteiger partial charge in [0.25, 0.3) is 5.91 Å². The molecule has 2 aromatic carbocycles. The van der Waals surface area contributed by atoms with Crippen LogP contribution in [0.4, 0.5) is 0 Å². The lowest BCUT2D eigenvalue weighted by atomic mass is 10.1. The van der Waals surface area contributed by atoms with Crippen LogP contribution in [-0.4, -0.2) is 61.6 Å². The fourth-order valence-corrected chi connectivity index (χ4v) is 3.57. The van der Waals surface area contributed by atoms with Crippen LogP contribution in [-0.2, 0) is 27.3 Å². The summed E-state index contributed by atoms with van der Waals surface area (Å²) >= 11 is 0. The predicted molar refractivity (Wildman–Crippen MR) is 115 cm³/mol. The molecule has 0 atom stereocenters. The summed E-state index contributed by atoms with van der Waals surface area (Å²) in [6.45, 7) is 5.78. The van der Waals surface area contributed by atoms with Gasteiger partial charge in [-0.15, -0.1) is 0 Å². The van der Waals surface area contributed by atoms with E-state index in [-0.39, 0.29) is 24.9 Å². The van der Waals surface area contributed by atoms with Gasteiger partial charge in [-0.1, -0.05) is 42.0 Å². The molecule has 2 aromatic rings. The quantitative estimate of drug-likeness (QED) is 0.627. The summed E-state index contributed by atoms with van der Waals surface area (Å²) in [5.74, 6) is 0.311. The number of ether oxygens (including phenoxy) is 2. The van der Waals surface area contributed by atoms with Gasteiger partial charge in [0, 0.05) is 39.1 Å². The molecule has 1 heterocycles. The highest BCUT2D eigenvalue weighted by Gasteiger charge is 2.22. The van der Waals surface area contributed by atoms with E-state index in [1.165, 1.54) is 11.1 Å². The summed E-state index contributed by atoms with van der Waals surface area (Å²) in [4.78, 5) is 28.5. The molecule has 0 spiro atoms. The van der Waals surface area contributed by atoms with E-state index in [1.807, 2.05) is 24.3 Å². The molecule has 1 saturated heterocycles. The largest absolute Gasteiger partial charge is 0.497 e. The molecule has 1 fully saturated rings. The molecule has 6 heteroatoms. The van der Waals surface area contributed by atoms with Crippen molar-refractivity contribution in [3.8, 4) is 5.75 Å². The van der Waals surface area contributed by atoms with Crippen molar-refractivity contribution in [1.29, 1.82) is 0 Å². The summed E-state index contributed by atoms with van der Waals surface area (Å²) in [6, 6.07) is 16.1. The van der Waals surface area contributed by atoms with Gasteiger partial charge in [0.2, 0.25) is 0 Å². The predicted octanol–water partition coefficient (Wildman–Crippen LogP) is 2.82. The van der Waals surface area contributed by atoms with E-state index in [2.05, 4.69) is 36.1 Å². The fourth-order valence-electron chi connectivity index (χ4n) is 3.57. The van der Waals surface area contributed by atoms with Crippen molar-refractivity contribution >= 4 is 11.9 Å². The van der Waals surface area contributed by atoms with Crippen molar-refractivity contribution in [2.45, 2.75) is 26.3 Å². The number of piperazine rings is 1. The molecule has 0 bridgehead atoms. The highest BCUT2D eigenvalue weighted by Crippen LogP contribution is 2.13. The van der Waals surface area contributed by atoms with Crippen molar-refractivity contribution in [2.75, 3.05) is 39.9 Å². The maximum Gasteiger partial charge on any atom is 0.306 e. The Balaban J connectivity index is 1.34. The second-order valence-corrected chi connectivity index (χ2v) is 7.65. The lowest BCUT2D eigenvalue weighted by Crippen LogP contribution is -2.49. The molecule has 0 N–H and O–H groups in total. The summed E-state index contributed by atoms with van der Waals surface area (Å²) < 4.78 is 10.3. The van der Waals surface area contributed by atoms with Gasteiger partial charge >= 0.3 is 5.97 Å². The molecule has 1 aliphatic heterocycles. The number of aryl methyl sites for hydroxylation is 2. The second kappa shape index (κ2) is 10.8. The standard InChI is InChI=1S/C24H30N2O4/c1-19-4-3-5-21(16-19)17-25-12-14-26(15-13-25)23(27)18-30-24(28)11-8-20-6-9-22(29-2)10-7-20/h3-7,9-10,16H,8,11-15,17-18H2,1-2H3. The van der Waals surface area contributed by atoms with Gasteiger partial charge in [-0.2, -0.15) is 0 Å². The van der Waals surface area contributed by atoms with Crippen molar-refractivity contribution in [1.82, 2.24) is 9.80 Å². The maximum atomic E-state index is 12.4. The molecule has 0 unspecified atom stereocenters. The molecular formula is C24H30N2O4. The molecule has 30 heavy (non-hydrogen) atoms. The Kier molecular flexibility index (Phi) is 7.85. The molecule has 0 aromatic heterocycles. The van der Waals surface area contributed by atoms with Crippen LogP contribution >= 0.6 is 0 Å². The smallest absolute Gasteiger partial charge is 0.306 e. The highest BCUT2D eigenvalue weighted by molar-refractivity contribution is 5.80. The van der Waals surface area contributed by atoms with Crippen LogP contribution < -0.4 is 4.74 Å². The third-order valence-electron chi connectivity index (χ3n) is 5.35. The minimum absolute atomic E-state index is 0.122. The number of amides is 1. The van der Waals surface area contributed by atoms with Crippen molar-refractivity contribution in [3.63, 3.8) is 0 Å². The van der Waals surface area contributed by atoms with E-state index in [0.717, 1.165) is 30.9 Å². The summed E-state index contributed by atoms with van der Waals surface area (Å²) in [5, 5.41) is 0. The highest BCUT2D eigenvalue weighted by atomic mass is 16.5. The molecule has 1 amide bonds. The SMILES string of the molecule is COc1ccc(CCC(=O)OCC(=O)N2CCN(Cc3cccc(C)c3)CC2)cc1. The molecule has 0 aliphatic carbocycles. The average molecular weight is 411 g/mol. The van der Waals surface area contributed by atoms with Crippen LogP contribution in [0.3, 0.4) is 0 Å². The topological polar surface area (TPSA) is 59.1 Å². The number of nitrogens with zero attached hydrogens (tertiary/aromatic N) is 2. The van der Waals surface area contributed by atoms with Crippen molar-refractivity contribution in [3.05, 3.63) is 65.2 Å². The number of rotatable bonds is 8. The summed E-state index contributed by atoms with van der Waals surface area (Å²) in [6.07, 6.45) is 0.832. The second-order valence-electron chi connectivity index (χ2n) is 7.65. The number of esters is 1. The maximum absolute atomic E-state index is 12.4. The molecule has 6 nitrogen and oxygen atoms in total. The number of carbonyl (C=O) groups is 2. The first-order valence-corrected chi connectivity index (χ1v) is 10.4. The lowest BCUT2D eigenvalue weighted by Gasteiger charge is -2.34. The zero-order valence-electron chi connectivity index (χ0n) is 17.8. The van der Waals surface area contributed by atoms with E-state index < -0.39 is 0 Å².